The lowest BCUT2D eigenvalue weighted by atomic mass is 10.1. The van der Waals surface area contributed by atoms with Gasteiger partial charge in [0, 0.05) is 25.6 Å². The number of rotatable bonds is 5. The van der Waals surface area contributed by atoms with E-state index in [0.717, 1.165) is 17.7 Å². The minimum atomic E-state index is -4.39. The van der Waals surface area contributed by atoms with Crippen LogP contribution in [0.4, 0.5) is 29.3 Å². The number of carbonyl (C=O) groups is 2. The minimum Gasteiger partial charge on any atom is -0.324 e. The Morgan fingerprint density at radius 3 is 2.39 bits per heavy atom. The Morgan fingerprint density at radius 1 is 1.10 bits per heavy atom. The number of alkyl halides is 3. The summed E-state index contributed by atoms with van der Waals surface area (Å²) in [5.41, 5.74) is 2.05. The van der Waals surface area contributed by atoms with Gasteiger partial charge in [-0.3, -0.25) is 9.69 Å². The second-order valence-electron chi connectivity index (χ2n) is 8.07. The van der Waals surface area contributed by atoms with Gasteiger partial charge in [-0.05, 0) is 48.7 Å². The highest BCUT2D eigenvalue weighted by Crippen LogP contribution is 2.32. The molecular formula is C23H26F3N3O2. The van der Waals surface area contributed by atoms with E-state index in [1.165, 1.54) is 12.1 Å². The largest absolute Gasteiger partial charge is 0.416 e. The number of aryl methyl sites for hydroxylation is 1. The standard InChI is InChI=1S/C23H26F3N3O2/c1-15(2)21(30)27-19-13-16(3)5-10-20(19)29-12-4-11-28(22(29)31)14-17-6-8-18(9-7-17)23(24,25)26/h5-10,13,15H,4,11-12,14H2,1-3H3,(H,27,30). The summed E-state index contributed by atoms with van der Waals surface area (Å²) in [6.07, 6.45) is -3.68. The Balaban J connectivity index is 1.80. The molecule has 1 aliphatic rings. The lowest BCUT2D eigenvalue weighted by molar-refractivity contribution is -0.137. The van der Waals surface area contributed by atoms with Gasteiger partial charge in [0.05, 0.1) is 16.9 Å². The zero-order valence-electron chi connectivity index (χ0n) is 17.8. The van der Waals surface area contributed by atoms with E-state index in [1.54, 1.807) is 23.6 Å². The van der Waals surface area contributed by atoms with Crippen LogP contribution in [0.15, 0.2) is 42.5 Å². The van der Waals surface area contributed by atoms with Crippen molar-refractivity contribution in [1.29, 1.82) is 0 Å². The number of hydrogen-bond acceptors (Lipinski definition) is 2. The molecule has 2 aromatic rings. The van der Waals surface area contributed by atoms with Crippen LogP contribution in [0.2, 0.25) is 0 Å². The van der Waals surface area contributed by atoms with Gasteiger partial charge in [-0.25, -0.2) is 4.79 Å². The molecule has 0 aliphatic carbocycles. The summed E-state index contributed by atoms with van der Waals surface area (Å²) in [5.74, 6) is -0.348. The molecular weight excluding hydrogens is 407 g/mol. The average Bonchev–Trinajstić information content (AvgIpc) is 2.70. The first-order valence-electron chi connectivity index (χ1n) is 10.2. The van der Waals surface area contributed by atoms with Crippen molar-refractivity contribution in [2.45, 2.75) is 39.9 Å². The van der Waals surface area contributed by atoms with E-state index in [4.69, 9.17) is 0 Å². The summed E-state index contributed by atoms with van der Waals surface area (Å²) in [6.45, 7) is 6.72. The Morgan fingerprint density at radius 2 is 1.77 bits per heavy atom. The number of amides is 3. The van der Waals surface area contributed by atoms with E-state index in [9.17, 15) is 22.8 Å². The number of halogens is 3. The fraction of sp³-hybridized carbons (Fsp3) is 0.391. The van der Waals surface area contributed by atoms with Gasteiger partial charge in [0.15, 0.2) is 0 Å². The summed E-state index contributed by atoms with van der Waals surface area (Å²) >= 11 is 0. The number of benzene rings is 2. The Labute approximate surface area is 179 Å². The number of urea groups is 1. The SMILES string of the molecule is Cc1ccc(N2CCCN(Cc3ccc(C(F)(F)F)cc3)C2=O)c(NC(=O)C(C)C)c1. The zero-order chi connectivity index (χ0) is 22.8. The molecule has 1 fully saturated rings. The molecule has 166 valence electrons. The van der Waals surface area contributed by atoms with Crippen LogP contribution in [0.1, 0.15) is 37.0 Å². The first-order valence-corrected chi connectivity index (χ1v) is 10.2. The normalized spacial score (nSPS) is 14.9. The molecule has 1 aliphatic heterocycles. The molecule has 5 nitrogen and oxygen atoms in total. The molecule has 31 heavy (non-hydrogen) atoms. The summed E-state index contributed by atoms with van der Waals surface area (Å²) in [4.78, 5) is 28.6. The summed E-state index contributed by atoms with van der Waals surface area (Å²) in [5, 5.41) is 2.90. The van der Waals surface area contributed by atoms with Crippen molar-refractivity contribution in [3.63, 3.8) is 0 Å². The topological polar surface area (TPSA) is 52.6 Å². The van der Waals surface area contributed by atoms with E-state index in [2.05, 4.69) is 5.32 Å². The van der Waals surface area contributed by atoms with Crippen molar-refractivity contribution in [2.75, 3.05) is 23.3 Å². The van der Waals surface area contributed by atoms with Gasteiger partial charge in [-0.2, -0.15) is 13.2 Å². The fourth-order valence-electron chi connectivity index (χ4n) is 3.43. The number of anilines is 2. The van der Waals surface area contributed by atoms with Gasteiger partial charge in [0.25, 0.3) is 0 Å². The molecule has 3 rings (SSSR count). The second kappa shape index (κ2) is 8.99. The van der Waals surface area contributed by atoms with Gasteiger partial charge in [0.2, 0.25) is 5.91 Å². The van der Waals surface area contributed by atoms with Crippen molar-refractivity contribution >= 4 is 23.3 Å². The third-order valence-corrected chi connectivity index (χ3v) is 5.19. The predicted molar refractivity (Wildman–Crippen MR) is 114 cm³/mol. The van der Waals surface area contributed by atoms with E-state index in [0.29, 0.717) is 36.4 Å². The third-order valence-electron chi connectivity index (χ3n) is 5.19. The van der Waals surface area contributed by atoms with Crippen molar-refractivity contribution in [3.8, 4) is 0 Å². The lowest BCUT2D eigenvalue weighted by Gasteiger charge is -2.36. The third kappa shape index (κ3) is 5.37. The molecule has 2 aromatic carbocycles. The van der Waals surface area contributed by atoms with Gasteiger partial charge < -0.3 is 10.2 Å². The number of hydrogen-bond donors (Lipinski definition) is 1. The Bertz CT molecular complexity index is 956. The van der Waals surface area contributed by atoms with Crippen LogP contribution >= 0.6 is 0 Å². The summed E-state index contributed by atoms with van der Waals surface area (Å²) in [6, 6.07) is 10.1. The lowest BCUT2D eigenvalue weighted by Crippen LogP contribution is -2.49. The van der Waals surface area contributed by atoms with Gasteiger partial charge in [-0.1, -0.05) is 32.0 Å². The van der Waals surface area contributed by atoms with Crippen molar-refractivity contribution in [1.82, 2.24) is 4.90 Å². The molecule has 0 saturated carbocycles. The van der Waals surface area contributed by atoms with Crippen LogP contribution in [0, 0.1) is 12.8 Å². The molecule has 1 heterocycles. The zero-order valence-corrected chi connectivity index (χ0v) is 17.8. The smallest absolute Gasteiger partial charge is 0.324 e. The number of carbonyl (C=O) groups excluding carboxylic acids is 2. The van der Waals surface area contributed by atoms with E-state index in [-0.39, 0.29) is 24.4 Å². The van der Waals surface area contributed by atoms with Crippen LogP contribution in [-0.2, 0) is 17.5 Å². The van der Waals surface area contributed by atoms with Crippen LogP contribution in [0.3, 0.4) is 0 Å². The Hall–Kier alpha value is -3.03. The van der Waals surface area contributed by atoms with Crippen molar-refractivity contribution in [2.24, 2.45) is 5.92 Å². The highest BCUT2D eigenvalue weighted by atomic mass is 19.4. The van der Waals surface area contributed by atoms with Crippen molar-refractivity contribution < 1.29 is 22.8 Å². The summed E-state index contributed by atoms with van der Waals surface area (Å²) in [7, 11) is 0. The van der Waals surface area contributed by atoms with Gasteiger partial charge in [0.1, 0.15) is 0 Å². The van der Waals surface area contributed by atoms with Gasteiger partial charge >= 0.3 is 12.2 Å². The highest BCUT2D eigenvalue weighted by molar-refractivity contribution is 6.01. The summed E-state index contributed by atoms with van der Waals surface area (Å²) < 4.78 is 38.4. The van der Waals surface area contributed by atoms with Crippen LogP contribution in [0.5, 0.6) is 0 Å². The molecule has 1 N–H and O–H groups in total. The number of nitrogens with zero attached hydrogens (tertiary/aromatic N) is 2. The number of nitrogens with one attached hydrogen (secondary N) is 1. The molecule has 0 atom stereocenters. The van der Waals surface area contributed by atoms with E-state index in [1.807, 2.05) is 25.1 Å². The maximum Gasteiger partial charge on any atom is 0.416 e. The molecule has 0 spiro atoms. The van der Waals surface area contributed by atoms with Gasteiger partial charge in [-0.15, -0.1) is 0 Å². The molecule has 3 amide bonds. The highest BCUT2D eigenvalue weighted by Gasteiger charge is 2.31. The molecule has 0 aromatic heterocycles. The molecule has 8 heteroatoms. The van der Waals surface area contributed by atoms with Crippen LogP contribution in [0.25, 0.3) is 0 Å². The molecule has 0 unspecified atom stereocenters. The fourth-order valence-corrected chi connectivity index (χ4v) is 3.43. The van der Waals surface area contributed by atoms with E-state index >= 15 is 0 Å². The quantitative estimate of drug-likeness (QED) is 0.683. The average molecular weight is 433 g/mol. The monoisotopic (exact) mass is 433 g/mol. The maximum absolute atomic E-state index is 13.2. The molecule has 0 radical (unpaired) electrons. The van der Waals surface area contributed by atoms with Crippen molar-refractivity contribution in [3.05, 3.63) is 59.2 Å². The maximum atomic E-state index is 13.2. The van der Waals surface area contributed by atoms with Crippen LogP contribution < -0.4 is 10.2 Å². The van der Waals surface area contributed by atoms with Crippen LogP contribution in [-0.4, -0.2) is 29.9 Å². The first-order chi connectivity index (χ1) is 14.6. The van der Waals surface area contributed by atoms with E-state index < -0.39 is 11.7 Å². The second-order valence-corrected chi connectivity index (χ2v) is 8.07. The molecule has 1 saturated heterocycles. The molecule has 0 bridgehead atoms. The first kappa shape index (κ1) is 22.7. The Kier molecular flexibility index (Phi) is 6.57. The minimum absolute atomic E-state index is 0.141. The predicted octanol–water partition coefficient (Wildman–Crippen LogP) is 5.44.